The number of hydrogen-bond acceptors (Lipinski definition) is 2. The minimum Gasteiger partial charge on any atom is -0.328 e. The van der Waals surface area contributed by atoms with Gasteiger partial charge in [-0.1, -0.05) is 12.1 Å². The second-order valence-electron chi connectivity index (χ2n) is 7.69. The Morgan fingerprint density at radius 3 is 2.50 bits per heavy atom. The van der Waals surface area contributed by atoms with Crippen LogP contribution in [-0.4, -0.2) is 25.2 Å². The van der Waals surface area contributed by atoms with Gasteiger partial charge in [0.1, 0.15) is 11.6 Å². The Morgan fingerprint density at radius 1 is 0.967 bits per heavy atom. The summed E-state index contributed by atoms with van der Waals surface area (Å²) in [5.41, 5.74) is 5.64. The van der Waals surface area contributed by atoms with Gasteiger partial charge in [0.15, 0.2) is 0 Å². The van der Waals surface area contributed by atoms with Gasteiger partial charge >= 0.3 is 0 Å². The number of fused-ring (bicyclic) bond motifs is 1. The first-order valence-corrected chi connectivity index (χ1v) is 9.88. The molecule has 0 aliphatic carbocycles. The summed E-state index contributed by atoms with van der Waals surface area (Å²) in [6, 6.07) is 16.0. The maximum absolute atomic E-state index is 13.6. The Hall–Kier alpha value is -3.67. The average molecular weight is 400 g/mol. The van der Waals surface area contributed by atoms with Gasteiger partial charge < -0.3 is 9.47 Å². The molecular formula is C24H21FN4O. The van der Waals surface area contributed by atoms with E-state index in [0.29, 0.717) is 18.7 Å². The summed E-state index contributed by atoms with van der Waals surface area (Å²) in [4.78, 5) is 14.6. The fourth-order valence-electron chi connectivity index (χ4n) is 3.93. The normalized spacial score (nSPS) is 13.0. The van der Waals surface area contributed by atoms with Crippen molar-refractivity contribution < 1.29 is 9.18 Å². The van der Waals surface area contributed by atoms with Gasteiger partial charge in [-0.15, -0.1) is 0 Å². The van der Waals surface area contributed by atoms with Crippen LogP contribution in [0.15, 0.2) is 67.0 Å². The van der Waals surface area contributed by atoms with E-state index < -0.39 is 5.82 Å². The lowest BCUT2D eigenvalue weighted by Gasteiger charge is -2.18. The van der Waals surface area contributed by atoms with Gasteiger partial charge in [0.05, 0.1) is 24.5 Å². The third-order valence-corrected chi connectivity index (χ3v) is 5.67. The largest absolute Gasteiger partial charge is 0.328 e. The molecule has 5 nitrogen and oxygen atoms in total. The van der Waals surface area contributed by atoms with Crippen LogP contribution in [0.1, 0.15) is 32.7 Å². The smallest absolute Gasteiger partial charge is 0.254 e. The molecule has 1 aliphatic rings. The molecule has 1 amide bonds. The molecule has 5 rings (SSSR count). The van der Waals surface area contributed by atoms with Gasteiger partial charge in [0.2, 0.25) is 0 Å². The Kier molecular flexibility index (Phi) is 4.28. The quantitative estimate of drug-likeness (QED) is 0.505. The summed E-state index contributed by atoms with van der Waals surface area (Å²) in [5, 5.41) is 4.86. The van der Waals surface area contributed by atoms with Gasteiger partial charge in [-0.25, -0.2) is 9.07 Å². The first-order valence-electron chi connectivity index (χ1n) is 9.88. The number of aryl methyl sites for hydroxylation is 2. The zero-order valence-electron chi connectivity index (χ0n) is 16.8. The molecule has 2 aromatic carbocycles. The van der Waals surface area contributed by atoms with E-state index in [9.17, 15) is 9.18 Å². The van der Waals surface area contributed by atoms with Crippen LogP contribution in [0.3, 0.4) is 0 Å². The molecular weight excluding hydrogens is 379 g/mol. The van der Waals surface area contributed by atoms with E-state index >= 15 is 0 Å². The molecule has 6 heteroatoms. The summed E-state index contributed by atoms with van der Waals surface area (Å²) in [7, 11) is 0. The molecule has 0 spiro atoms. The van der Waals surface area contributed by atoms with Crippen molar-refractivity contribution >= 4 is 5.91 Å². The van der Waals surface area contributed by atoms with Crippen molar-refractivity contribution in [3.8, 4) is 11.5 Å². The molecule has 30 heavy (non-hydrogen) atoms. The highest BCUT2D eigenvalue weighted by molar-refractivity contribution is 5.94. The summed E-state index contributed by atoms with van der Waals surface area (Å²) in [5.74, 6) is 0.322. The van der Waals surface area contributed by atoms with Crippen LogP contribution >= 0.6 is 0 Å². The zero-order chi connectivity index (χ0) is 20.8. The third-order valence-electron chi connectivity index (χ3n) is 5.67. The van der Waals surface area contributed by atoms with Crippen molar-refractivity contribution in [1.29, 1.82) is 0 Å². The van der Waals surface area contributed by atoms with Crippen LogP contribution in [0.4, 0.5) is 4.39 Å². The predicted octanol–water partition coefficient (Wildman–Crippen LogP) is 4.57. The van der Waals surface area contributed by atoms with Gasteiger partial charge in [0, 0.05) is 23.5 Å². The number of carbonyl (C=O) groups excluding carboxylic acids is 1. The van der Waals surface area contributed by atoms with Gasteiger partial charge in [-0.3, -0.25) is 4.79 Å². The van der Waals surface area contributed by atoms with E-state index in [1.54, 1.807) is 17.0 Å². The summed E-state index contributed by atoms with van der Waals surface area (Å²) in [6.45, 7) is 5.01. The molecule has 3 heterocycles. The monoisotopic (exact) mass is 400 g/mol. The first-order chi connectivity index (χ1) is 14.5. The van der Waals surface area contributed by atoms with Crippen molar-refractivity contribution in [1.82, 2.24) is 19.2 Å². The third kappa shape index (κ3) is 3.01. The van der Waals surface area contributed by atoms with Crippen molar-refractivity contribution in [2.45, 2.75) is 26.9 Å². The molecule has 0 saturated heterocycles. The number of carbonyl (C=O) groups is 1. The molecule has 2 aromatic heterocycles. The number of rotatable bonds is 3. The standard InChI is InChI=1S/C24H21FN4O/c1-16-8-9-20(12-17(16)2)29-23(27-10-3-4-11-27)21-14-28(15-22(21)26-29)24(30)18-6-5-7-19(25)13-18/h3-13H,14-15H2,1-2H3. The molecule has 0 unspecified atom stereocenters. The molecule has 0 N–H and O–H groups in total. The molecule has 150 valence electrons. The number of aromatic nitrogens is 3. The predicted molar refractivity (Wildman–Crippen MR) is 112 cm³/mol. The summed E-state index contributed by atoms with van der Waals surface area (Å²) < 4.78 is 17.5. The van der Waals surface area contributed by atoms with Crippen LogP contribution in [0.2, 0.25) is 0 Å². The van der Waals surface area contributed by atoms with E-state index in [0.717, 1.165) is 22.8 Å². The average Bonchev–Trinajstić information content (AvgIpc) is 3.45. The van der Waals surface area contributed by atoms with E-state index in [1.807, 2.05) is 33.8 Å². The molecule has 0 bridgehead atoms. The van der Waals surface area contributed by atoms with Crippen LogP contribution in [0.25, 0.3) is 11.5 Å². The van der Waals surface area contributed by atoms with Crippen molar-refractivity contribution in [3.63, 3.8) is 0 Å². The Morgan fingerprint density at radius 2 is 1.77 bits per heavy atom. The molecule has 0 saturated carbocycles. The second-order valence-corrected chi connectivity index (χ2v) is 7.69. The van der Waals surface area contributed by atoms with Crippen molar-refractivity contribution in [2.75, 3.05) is 0 Å². The fraction of sp³-hybridized carbons (Fsp3) is 0.167. The van der Waals surface area contributed by atoms with Gasteiger partial charge in [-0.2, -0.15) is 5.10 Å². The number of halogens is 1. The number of hydrogen-bond donors (Lipinski definition) is 0. The highest BCUT2D eigenvalue weighted by atomic mass is 19.1. The van der Waals surface area contributed by atoms with E-state index in [-0.39, 0.29) is 5.91 Å². The highest BCUT2D eigenvalue weighted by Crippen LogP contribution is 2.31. The Bertz CT molecular complexity index is 1260. The zero-order valence-corrected chi connectivity index (χ0v) is 16.8. The first kappa shape index (κ1) is 18.4. The fourth-order valence-corrected chi connectivity index (χ4v) is 3.93. The van der Waals surface area contributed by atoms with E-state index in [2.05, 4.69) is 32.0 Å². The minimum atomic E-state index is -0.411. The Balaban J connectivity index is 1.55. The Labute approximate surface area is 174 Å². The van der Waals surface area contributed by atoms with Crippen LogP contribution in [0.5, 0.6) is 0 Å². The number of amides is 1. The maximum atomic E-state index is 13.6. The lowest BCUT2D eigenvalue weighted by molar-refractivity contribution is 0.0748. The molecule has 1 aliphatic heterocycles. The SMILES string of the molecule is Cc1ccc(-n2nc3c(c2-n2cccc2)CN(C(=O)c2cccc(F)c2)C3)cc1C. The lowest BCUT2D eigenvalue weighted by atomic mass is 10.1. The molecule has 4 aromatic rings. The topological polar surface area (TPSA) is 43.1 Å². The minimum absolute atomic E-state index is 0.191. The maximum Gasteiger partial charge on any atom is 0.254 e. The van der Waals surface area contributed by atoms with E-state index in [1.165, 1.54) is 23.3 Å². The summed E-state index contributed by atoms with van der Waals surface area (Å²) >= 11 is 0. The number of nitrogens with zero attached hydrogens (tertiary/aromatic N) is 4. The number of benzene rings is 2. The van der Waals surface area contributed by atoms with Crippen LogP contribution in [-0.2, 0) is 13.1 Å². The molecule has 0 radical (unpaired) electrons. The van der Waals surface area contributed by atoms with E-state index in [4.69, 9.17) is 5.10 Å². The van der Waals surface area contributed by atoms with Crippen LogP contribution < -0.4 is 0 Å². The van der Waals surface area contributed by atoms with Gasteiger partial charge in [0.25, 0.3) is 5.91 Å². The second kappa shape index (κ2) is 6.99. The van der Waals surface area contributed by atoms with Gasteiger partial charge in [-0.05, 0) is 67.4 Å². The molecule has 0 atom stereocenters. The molecule has 0 fully saturated rings. The summed E-state index contributed by atoms with van der Waals surface area (Å²) in [6.07, 6.45) is 3.96. The van der Waals surface area contributed by atoms with Crippen molar-refractivity contribution in [2.24, 2.45) is 0 Å². The highest BCUT2D eigenvalue weighted by Gasteiger charge is 2.32. The van der Waals surface area contributed by atoms with Crippen molar-refractivity contribution in [3.05, 3.63) is 101 Å². The lowest BCUT2D eigenvalue weighted by Crippen LogP contribution is -2.26. The van der Waals surface area contributed by atoms with Crippen LogP contribution in [0, 0.1) is 19.7 Å².